The molecule has 204 valence electrons. The van der Waals surface area contributed by atoms with Gasteiger partial charge in [0.25, 0.3) is 0 Å². The number of para-hydroxylation sites is 2. The molecule has 3 aromatic rings. The Kier molecular flexibility index (Phi) is 8.40. The van der Waals surface area contributed by atoms with Crippen LogP contribution >= 0.6 is 0 Å². The van der Waals surface area contributed by atoms with Crippen LogP contribution in [0, 0.1) is 6.92 Å². The van der Waals surface area contributed by atoms with Crippen LogP contribution in [0.3, 0.4) is 0 Å². The van der Waals surface area contributed by atoms with Gasteiger partial charge in [-0.05, 0) is 44.0 Å². The number of nitrogens with one attached hydrogen (secondary N) is 1. The normalized spacial score (nSPS) is 13.5. The van der Waals surface area contributed by atoms with E-state index in [2.05, 4.69) is 15.4 Å². The summed E-state index contributed by atoms with van der Waals surface area (Å²) in [5.41, 5.74) is 9.09. The summed E-state index contributed by atoms with van der Waals surface area (Å²) in [4.78, 5) is 17.9. The number of methoxy groups -OCH3 is 1. The molecule has 12 heteroatoms. The molecular formula is C26H31F3N6O3. The van der Waals surface area contributed by atoms with Crippen LogP contribution in [0.1, 0.15) is 34.9 Å². The average molecular weight is 533 g/mol. The van der Waals surface area contributed by atoms with Gasteiger partial charge in [0, 0.05) is 25.3 Å². The van der Waals surface area contributed by atoms with E-state index in [0.29, 0.717) is 39.8 Å². The molecule has 0 spiro atoms. The van der Waals surface area contributed by atoms with Crippen molar-refractivity contribution in [3.05, 3.63) is 53.9 Å². The van der Waals surface area contributed by atoms with Crippen molar-refractivity contribution in [3.8, 4) is 17.1 Å². The second-order valence-corrected chi connectivity index (χ2v) is 9.17. The zero-order valence-corrected chi connectivity index (χ0v) is 21.3. The Balaban J connectivity index is 1.47. The lowest BCUT2D eigenvalue weighted by atomic mass is 10.1. The number of hydrogen-bond acceptors (Lipinski definition) is 8. The Bertz CT molecular complexity index is 1260. The number of carbonyl (C=O) groups is 1. The number of hydrogen-bond donors (Lipinski definition) is 2. The molecule has 4 rings (SSSR count). The number of rotatable bonds is 12. The summed E-state index contributed by atoms with van der Waals surface area (Å²) in [5.74, 6) is -0.0778. The molecule has 0 aliphatic heterocycles. The molecule has 0 saturated heterocycles. The molecule has 0 unspecified atom stereocenters. The van der Waals surface area contributed by atoms with Crippen LogP contribution in [0.25, 0.3) is 11.3 Å². The molecule has 0 amide bonds. The molecule has 1 aromatic carbocycles. The Morgan fingerprint density at radius 2 is 2.00 bits per heavy atom. The Morgan fingerprint density at radius 3 is 2.68 bits per heavy atom. The number of nitrogen functional groups attached to an aromatic ring is 1. The van der Waals surface area contributed by atoms with Gasteiger partial charge in [-0.15, -0.1) is 0 Å². The minimum atomic E-state index is -4.36. The molecule has 2 heterocycles. The van der Waals surface area contributed by atoms with Gasteiger partial charge < -0.3 is 20.5 Å². The minimum Gasteiger partial charge on any atom is -0.476 e. The molecule has 2 aromatic heterocycles. The van der Waals surface area contributed by atoms with Crippen LogP contribution < -0.4 is 15.8 Å². The number of aromatic nitrogens is 3. The summed E-state index contributed by atoms with van der Waals surface area (Å²) >= 11 is 0. The summed E-state index contributed by atoms with van der Waals surface area (Å²) in [6, 6.07) is 10.5. The summed E-state index contributed by atoms with van der Waals surface area (Å²) in [6.45, 7) is 1.14. The molecule has 0 radical (unpaired) electrons. The summed E-state index contributed by atoms with van der Waals surface area (Å²) in [6.07, 6.45) is -0.887. The molecule has 0 atom stereocenters. The van der Waals surface area contributed by atoms with Gasteiger partial charge >= 0.3 is 12.1 Å². The fraction of sp³-hybridized carbons (Fsp3) is 0.423. The first-order valence-corrected chi connectivity index (χ1v) is 12.3. The highest BCUT2D eigenvalue weighted by Gasteiger charge is 2.32. The maximum Gasteiger partial charge on any atom is 0.401 e. The van der Waals surface area contributed by atoms with E-state index < -0.39 is 18.7 Å². The Hall–Kier alpha value is -3.80. The van der Waals surface area contributed by atoms with Crippen molar-refractivity contribution in [1.82, 2.24) is 19.7 Å². The van der Waals surface area contributed by atoms with Crippen LogP contribution in [-0.2, 0) is 4.74 Å². The van der Waals surface area contributed by atoms with Gasteiger partial charge in [0.1, 0.15) is 6.61 Å². The summed E-state index contributed by atoms with van der Waals surface area (Å²) < 4.78 is 52.4. The van der Waals surface area contributed by atoms with Gasteiger partial charge in [0.2, 0.25) is 5.88 Å². The lowest BCUT2D eigenvalue weighted by Gasteiger charge is -2.24. The van der Waals surface area contributed by atoms with Gasteiger partial charge in [-0.2, -0.15) is 18.3 Å². The average Bonchev–Trinajstić information content (AvgIpc) is 3.62. The van der Waals surface area contributed by atoms with Crippen molar-refractivity contribution >= 4 is 17.3 Å². The lowest BCUT2D eigenvalue weighted by molar-refractivity contribution is -0.146. The molecule has 9 nitrogen and oxygen atoms in total. The monoisotopic (exact) mass is 532 g/mol. The predicted molar refractivity (Wildman–Crippen MR) is 137 cm³/mol. The number of carbonyl (C=O) groups excluding carboxylic acids is 1. The van der Waals surface area contributed by atoms with Gasteiger partial charge in [-0.25, -0.2) is 9.48 Å². The van der Waals surface area contributed by atoms with E-state index in [0.717, 1.165) is 12.8 Å². The predicted octanol–water partition coefficient (Wildman–Crippen LogP) is 4.31. The van der Waals surface area contributed by atoms with Crippen LogP contribution in [0.15, 0.2) is 42.6 Å². The largest absolute Gasteiger partial charge is 0.476 e. The fourth-order valence-electron chi connectivity index (χ4n) is 4.09. The van der Waals surface area contributed by atoms with Crippen LogP contribution in [0.4, 0.5) is 24.5 Å². The highest BCUT2D eigenvalue weighted by molar-refractivity contribution is 5.90. The van der Waals surface area contributed by atoms with E-state index in [1.165, 1.54) is 12.0 Å². The number of anilines is 2. The number of benzene rings is 1. The second kappa shape index (κ2) is 11.7. The molecule has 1 aliphatic carbocycles. The Labute approximate surface area is 218 Å². The molecule has 3 N–H and O–H groups in total. The van der Waals surface area contributed by atoms with E-state index in [9.17, 15) is 18.0 Å². The zero-order valence-electron chi connectivity index (χ0n) is 21.3. The Morgan fingerprint density at radius 1 is 1.24 bits per heavy atom. The fourth-order valence-corrected chi connectivity index (χ4v) is 4.09. The smallest absolute Gasteiger partial charge is 0.401 e. The number of pyridine rings is 1. The molecule has 1 saturated carbocycles. The zero-order chi connectivity index (χ0) is 27.3. The van der Waals surface area contributed by atoms with Crippen LogP contribution in [-0.4, -0.2) is 71.7 Å². The topological polar surface area (TPSA) is 108 Å². The number of nitrogens with zero attached hydrogens (tertiary/aromatic N) is 4. The summed E-state index contributed by atoms with van der Waals surface area (Å²) in [7, 11) is 1.30. The first-order chi connectivity index (χ1) is 18.1. The molecule has 38 heavy (non-hydrogen) atoms. The molecule has 0 bridgehead atoms. The number of nitrogens with two attached hydrogens (primary N) is 1. The van der Waals surface area contributed by atoms with Crippen molar-refractivity contribution in [2.75, 3.05) is 50.9 Å². The number of esters is 1. The maximum atomic E-state index is 13.3. The molecule has 1 fully saturated rings. The third kappa shape index (κ3) is 7.15. The van der Waals surface area contributed by atoms with E-state index >= 15 is 0 Å². The SMILES string of the molecule is COC(=O)c1cc(C)nc(-c2cnn(C3CC3)c2OCCN(CCNc2ccccc2N)CC(F)(F)F)c1. The van der Waals surface area contributed by atoms with E-state index in [-0.39, 0.29) is 32.3 Å². The van der Waals surface area contributed by atoms with Gasteiger partial charge in [0.15, 0.2) is 0 Å². The first kappa shape index (κ1) is 27.2. The van der Waals surface area contributed by atoms with Gasteiger partial charge in [-0.3, -0.25) is 9.88 Å². The maximum absolute atomic E-state index is 13.3. The highest BCUT2D eigenvalue weighted by atomic mass is 19.4. The second-order valence-electron chi connectivity index (χ2n) is 9.17. The van der Waals surface area contributed by atoms with Crippen molar-refractivity contribution in [2.24, 2.45) is 0 Å². The lowest BCUT2D eigenvalue weighted by Crippen LogP contribution is -2.39. The van der Waals surface area contributed by atoms with Crippen molar-refractivity contribution in [3.63, 3.8) is 0 Å². The van der Waals surface area contributed by atoms with Crippen molar-refractivity contribution < 1.29 is 27.4 Å². The molecule has 1 aliphatic rings. The van der Waals surface area contributed by atoms with Gasteiger partial charge in [-0.1, -0.05) is 12.1 Å². The summed E-state index contributed by atoms with van der Waals surface area (Å²) in [5, 5.41) is 7.53. The number of aryl methyl sites for hydroxylation is 1. The number of alkyl halides is 3. The number of halogens is 3. The molecular weight excluding hydrogens is 501 g/mol. The van der Waals surface area contributed by atoms with E-state index in [1.54, 1.807) is 54.2 Å². The third-order valence-electron chi connectivity index (χ3n) is 6.05. The first-order valence-electron chi connectivity index (χ1n) is 12.3. The van der Waals surface area contributed by atoms with Gasteiger partial charge in [0.05, 0.1) is 54.1 Å². The van der Waals surface area contributed by atoms with Crippen LogP contribution in [0.5, 0.6) is 5.88 Å². The van der Waals surface area contributed by atoms with Crippen molar-refractivity contribution in [1.29, 1.82) is 0 Å². The van der Waals surface area contributed by atoms with Crippen molar-refractivity contribution in [2.45, 2.75) is 32.0 Å². The van der Waals surface area contributed by atoms with E-state index in [4.69, 9.17) is 15.2 Å². The van der Waals surface area contributed by atoms with Crippen LogP contribution in [0.2, 0.25) is 0 Å². The van der Waals surface area contributed by atoms with E-state index in [1.807, 2.05) is 0 Å². The third-order valence-corrected chi connectivity index (χ3v) is 6.05. The standard InChI is InChI=1S/C26H31F3N6O3/c1-17-13-18(25(36)37-2)14-23(33-17)20-15-32-35(19-7-8-19)24(20)38-12-11-34(16-26(27,28)29)10-9-31-22-6-4-3-5-21(22)30/h3-6,13-15,19,31H,7-12,16,30H2,1-2H3. The quantitative estimate of drug-likeness (QED) is 0.263. The minimum absolute atomic E-state index is 0.00461. The number of ether oxygens (including phenoxy) is 2. The highest BCUT2D eigenvalue weighted by Crippen LogP contribution is 2.41.